The number of benzene rings is 3. The molecule has 3 aromatic carbocycles. The predicted molar refractivity (Wildman–Crippen MR) is 122 cm³/mol. The Morgan fingerprint density at radius 2 is 1.88 bits per heavy atom. The Labute approximate surface area is 188 Å². The minimum Gasteiger partial charge on any atom is -0.350 e. The number of aryl methyl sites for hydroxylation is 1. The Morgan fingerprint density at radius 1 is 1.09 bits per heavy atom. The molecule has 33 heavy (non-hydrogen) atoms. The lowest BCUT2D eigenvalue weighted by Gasteiger charge is -2.19. The molecule has 0 aliphatic heterocycles. The molecule has 1 atom stereocenters. The molecule has 0 spiro atoms. The number of nitrogens with zero attached hydrogens (tertiary/aromatic N) is 3. The zero-order valence-corrected chi connectivity index (χ0v) is 17.6. The highest BCUT2D eigenvalue weighted by atomic mass is 19.1. The van der Waals surface area contributed by atoms with Gasteiger partial charge < -0.3 is 15.2 Å². The third kappa shape index (κ3) is 4.87. The fourth-order valence-corrected chi connectivity index (χ4v) is 3.46. The minimum atomic E-state index is -0.755. The van der Waals surface area contributed by atoms with Crippen molar-refractivity contribution in [3.05, 3.63) is 118 Å². The molecule has 1 heterocycles. The number of nitro groups is 1. The molecule has 166 valence electrons. The Balaban J connectivity index is 1.65. The first-order valence-electron chi connectivity index (χ1n) is 10.1. The quantitative estimate of drug-likeness (QED) is 0.316. The monoisotopic (exact) mass is 445 g/mol. The maximum atomic E-state index is 13.9. The SMILES string of the molecule is Cn1ccnc1[C@H](NC(=O)c1ccc(Nc2ccccc2)c([N+](=O)[O-])c1)c1cccc(F)c1. The zero-order chi connectivity index (χ0) is 23.4. The molecule has 0 saturated heterocycles. The molecule has 1 amide bonds. The van der Waals surface area contributed by atoms with Gasteiger partial charge in [-0.2, -0.15) is 0 Å². The van der Waals surface area contributed by atoms with Crippen LogP contribution in [-0.4, -0.2) is 20.4 Å². The highest BCUT2D eigenvalue weighted by Crippen LogP contribution is 2.29. The first-order chi connectivity index (χ1) is 15.9. The van der Waals surface area contributed by atoms with Crippen molar-refractivity contribution in [3.63, 3.8) is 0 Å². The van der Waals surface area contributed by atoms with Crippen LogP contribution >= 0.6 is 0 Å². The van der Waals surface area contributed by atoms with Crippen molar-refractivity contribution in [2.24, 2.45) is 7.05 Å². The first kappa shape index (κ1) is 21.7. The maximum Gasteiger partial charge on any atom is 0.293 e. The average molecular weight is 445 g/mol. The van der Waals surface area contributed by atoms with Crippen LogP contribution in [0.2, 0.25) is 0 Å². The van der Waals surface area contributed by atoms with E-state index in [0.29, 0.717) is 17.1 Å². The van der Waals surface area contributed by atoms with Crippen molar-refractivity contribution in [2.45, 2.75) is 6.04 Å². The minimum absolute atomic E-state index is 0.0934. The van der Waals surface area contributed by atoms with E-state index in [1.165, 1.54) is 30.3 Å². The van der Waals surface area contributed by atoms with Crippen molar-refractivity contribution < 1.29 is 14.1 Å². The molecule has 0 aliphatic carbocycles. The molecule has 4 rings (SSSR count). The van der Waals surface area contributed by atoms with Crippen molar-refractivity contribution >= 4 is 23.0 Å². The predicted octanol–water partition coefficient (Wildman–Crippen LogP) is 4.73. The number of anilines is 2. The van der Waals surface area contributed by atoms with E-state index in [1.807, 2.05) is 6.07 Å². The fourth-order valence-electron chi connectivity index (χ4n) is 3.46. The molecule has 0 bridgehead atoms. The van der Waals surface area contributed by atoms with Gasteiger partial charge >= 0.3 is 0 Å². The number of amides is 1. The third-order valence-corrected chi connectivity index (χ3v) is 5.08. The number of aromatic nitrogens is 2. The van der Waals surface area contributed by atoms with Crippen LogP contribution in [0.25, 0.3) is 0 Å². The van der Waals surface area contributed by atoms with E-state index in [2.05, 4.69) is 15.6 Å². The van der Waals surface area contributed by atoms with Crippen LogP contribution in [0.1, 0.15) is 27.8 Å². The molecule has 9 heteroatoms. The molecule has 0 radical (unpaired) electrons. The van der Waals surface area contributed by atoms with E-state index in [0.717, 1.165) is 0 Å². The van der Waals surface area contributed by atoms with Gasteiger partial charge in [-0.15, -0.1) is 0 Å². The second-order valence-electron chi connectivity index (χ2n) is 7.34. The van der Waals surface area contributed by atoms with Crippen molar-refractivity contribution in [2.75, 3.05) is 5.32 Å². The number of nitrogens with one attached hydrogen (secondary N) is 2. The van der Waals surface area contributed by atoms with Crippen molar-refractivity contribution in [1.29, 1.82) is 0 Å². The number of halogens is 1. The summed E-state index contributed by atoms with van der Waals surface area (Å²) < 4.78 is 15.6. The van der Waals surface area contributed by atoms with Gasteiger partial charge in [0.05, 0.1) is 4.92 Å². The molecule has 1 aromatic heterocycles. The maximum absolute atomic E-state index is 13.9. The lowest BCUT2D eigenvalue weighted by Crippen LogP contribution is -2.31. The molecule has 4 aromatic rings. The third-order valence-electron chi connectivity index (χ3n) is 5.08. The largest absolute Gasteiger partial charge is 0.350 e. The molecular formula is C24H20FN5O3. The second kappa shape index (κ2) is 9.31. The van der Waals surface area contributed by atoms with Gasteiger partial charge in [0.25, 0.3) is 11.6 Å². The Morgan fingerprint density at radius 3 is 2.55 bits per heavy atom. The van der Waals surface area contributed by atoms with Gasteiger partial charge in [0, 0.05) is 36.8 Å². The van der Waals surface area contributed by atoms with Gasteiger partial charge in [-0.3, -0.25) is 14.9 Å². The number of hydrogen-bond donors (Lipinski definition) is 2. The van der Waals surface area contributed by atoms with Gasteiger partial charge in [0.15, 0.2) is 0 Å². The van der Waals surface area contributed by atoms with Crippen LogP contribution < -0.4 is 10.6 Å². The number of carbonyl (C=O) groups excluding carboxylic acids is 1. The van der Waals surface area contributed by atoms with Gasteiger partial charge in [-0.25, -0.2) is 9.37 Å². The highest BCUT2D eigenvalue weighted by molar-refractivity contribution is 5.96. The number of imidazole rings is 1. The van der Waals surface area contributed by atoms with Crippen LogP contribution in [-0.2, 0) is 7.05 Å². The van der Waals surface area contributed by atoms with Gasteiger partial charge in [-0.05, 0) is 42.0 Å². The summed E-state index contributed by atoms with van der Waals surface area (Å²) in [5.41, 5.74) is 1.28. The average Bonchev–Trinajstić information content (AvgIpc) is 3.23. The fraction of sp³-hybridized carbons (Fsp3) is 0.0833. The summed E-state index contributed by atoms with van der Waals surface area (Å²) in [6, 6.07) is 18.3. The Kier molecular flexibility index (Phi) is 6.12. The van der Waals surface area contributed by atoms with E-state index in [-0.39, 0.29) is 16.9 Å². The Bertz CT molecular complexity index is 1310. The van der Waals surface area contributed by atoms with E-state index in [9.17, 15) is 19.3 Å². The van der Waals surface area contributed by atoms with E-state index < -0.39 is 22.7 Å². The number of nitro benzene ring substituents is 1. The normalized spacial score (nSPS) is 11.6. The summed E-state index contributed by atoms with van der Waals surface area (Å²) in [6.45, 7) is 0. The molecule has 0 saturated carbocycles. The summed E-state index contributed by atoms with van der Waals surface area (Å²) in [5, 5.41) is 17.5. The lowest BCUT2D eigenvalue weighted by atomic mass is 10.0. The summed E-state index contributed by atoms with van der Waals surface area (Å²) >= 11 is 0. The zero-order valence-electron chi connectivity index (χ0n) is 17.6. The number of rotatable bonds is 7. The van der Waals surface area contributed by atoms with Crippen LogP contribution in [0.4, 0.5) is 21.5 Å². The molecule has 0 aliphatic rings. The van der Waals surface area contributed by atoms with Gasteiger partial charge in [0.1, 0.15) is 23.4 Å². The molecule has 0 unspecified atom stereocenters. The summed E-state index contributed by atoms with van der Waals surface area (Å²) in [6.07, 6.45) is 3.28. The van der Waals surface area contributed by atoms with Crippen molar-refractivity contribution in [3.8, 4) is 0 Å². The second-order valence-corrected chi connectivity index (χ2v) is 7.34. The number of hydrogen-bond acceptors (Lipinski definition) is 5. The smallest absolute Gasteiger partial charge is 0.293 e. The topological polar surface area (TPSA) is 102 Å². The standard InChI is InChI=1S/C24H20FN5O3/c1-29-13-12-26-23(29)22(16-6-5-7-18(25)14-16)28-24(31)17-10-11-20(21(15-17)30(32)33)27-19-8-3-2-4-9-19/h2-15,22,27H,1H3,(H,28,31)/t22-/m1/s1. The molecule has 2 N–H and O–H groups in total. The summed E-state index contributed by atoms with van der Waals surface area (Å²) in [4.78, 5) is 28.5. The lowest BCUT2D eigenvalue weighted by molar-refractivity contribution is -0.383. The van der Waals surface area contributed by atoms with Crippen LogP contribution in [0.5, 0.6) is 0 Å². The van der Waals surface area contributed by atoms with E-state index in [1.54, 1.807) is 60.4 Å². The van der Waals surface area contributed by atoms with E-state index >= 15 is 0 Å². The summed E-state index contributed by atoms with van der Waals surface area (Å²) in [7, 11) is 1.76. The number of para-hydroxylation sites is 1. The molecule has 0 fully saturated rings. The van der Waals surface area contributed by atoms with Gasteiger partial charge in [-0.1, -0.05) is 30.3 Å². The first-order valence-corrected chi connectivity index (χ1v) is 10.1. The van der Waals surface area contributed by atoms with Crippen LogP contribution in [0.3, 0.4) is 0 Å². The van der Waals surface area contributed by atoms with Crippen LogP contribution in [0, 0.1) is 15.9 Å². The van der Waals surface area contributed by atoms with Gasteiger partial charge in [0.2, 0.25) is 0 Å². The highest BCUT2D eigenvalue weighted by Gasteiger charge is 2.24. The molecular weight excluding hydrogens is 425 g/mol. The van der Waals surface area contributed by atoms with Crippen molar-refractivity contribution in [1.82, 2.24) is 14.9 Å². The Hall–Kier alpha value is -4.53. The number of carbonyl (C=O) groups is 1. The van der Waals surface area contributed by atoms with Crippen LogP contribution in [0.15, 0.2) is 85.2 Å². The van der Waals surface area contributed by atoms with E-state index in [4.69, 9.17) is 0 Å². The molecule has 8 nitrogen and oxygen atoms in total. The summed E-state index contributed by atoms with van der Waals surface area (Å²) in [5.74, 6) is -0.514.